The highest BCUT2D eigenvalue weighted by Crippen LogP contribution is 2.41. The standard InChI is InChI=1S/C25H25BrN2O6S/c1-6-32-19-12-17(26)16(11-18(19)31-5)22-21(24(30)33-7-2)14(4)27-25-28(22)23(29)20(35-25)10-15-9-8-13(3)34-15/h8-12,22H,6-7H2,1-5H3/b20-10+/t22-/m0/s1. The third-order valence-electron chi connectivity index (χ3n) is 5.43. The summed E-state index contributed by atoms with van der Waals surface area (Å²) in [6.07, 6.45) is 1.69. The van der Waals surface area contributed by atoms with Gasteiger partial charge in [0.05, 0.1) is 42.2 Å². The molecule has 8 nitrogen and oxygen atoms in total. The van der Waals surface area contributed by atoms with E-state index in [0.717, 1.165) is 5.76 Å². The van der Waals surface area contributed by atoms with Gasteiger partial charge in [0.2, 0.25) is 0 Å². The summed E-state index contributed by atoms with van der Waals surface area (Å²) in [7, 11) is 1.54. The van der Waals surface area contributed by atoms with E-state index in [4.69, 9.17) is 18.6 Å². The number of aryl methyl sites for hydroxylation is 1. The van der Waals surface area contributed by atoms with Crippen LogP contribution in [0, 0.1) is 6.92 Å². The monoisotopic (exact) mass is 560 g/mol. The van der Waals surface area contributed by atoms with Crippen molar-refractivity contribution >= 4 is 39.3 Å². The zero-order chi connectivity index (χ0) is 25.3. The molecule has 0 radical (unpaired) electrons. The van der Waals surface area contributed by atoms with Crippen LogP contribution in [0.3, 0.4) is 0 Å². The molecule has 0 N–H and O–H groups in total. The minimum atomic E-state index is -0.787. The highest BCUT2D eigenvalue weighted by Gasteiger charge is 2.35. The van der Waals surface area contributed by atoms with Crippen molar-refractivity contribution < 1.29 is 23.4 Å². The maximum atomic E-state index is 13.7. The number of esters is 1. The van der Waals surface area contributed by atoms with Gasteiger partial charge in [-0.05, 0) is 57.5 Å². The molecule has 0 saturated carbocycles. The third kappa shape index (κ3) is 4.72. The van der Waals surface area contributed by atoms with Gasteiger partial charge in [0.25, 0.3) is 5.56 Å². The summed E-state index contributed by atoms with van der Waals surface area (Å²) < 4.78 is 24.9. The number of allylic oxidation sites excluding steroid dienone is 1. The van der Waals surface area contributed by atoms with Crippen LogP contribution in [0.25, 0.3) is 6.08 Å². The lowest BCUT2D eigenvalue weighted by atomic mass is 9.95. The molecule has 0 amide bonds. The molecule has 3 heterocycles. The fourth-order valence-corrected chi connectivity index (χ4v) is 5.50. The fraction of sp³-hybridized carbons (Fsp3) is 0.320. The quantitative estimate of drug-likeness (QED) is 0.407. The van der Waals surface area contributed by atoms with Crippen molar-refractivity contribution in [1.29, 1.82) is 0 Å². The number of rotatable bonds is 7. The number of fused-ring (bicyclic) bond motifs is 1. The number of carbonyl (C=O) groups excluding carboxylic acids is 1. The molecule has 1 aliphatic rings. The Kier molecular flexibility index (Phi) is 7.32. The summed E-state index contributed by atoms with van der Waals surface area (Å²) in [6, 6.07) is 6.39. The SMILES string of the molecule is CCOC(=O)C1=C(C)N=c2s/c(=C/c3ccc(C)o3)c(=O)n2[C@H]1c1cc(OC)c(OCC)cc1Br. The zero-order valence-corrected chi connectivity index (χ0v) is 22.4. The highest BCUT2D eigenvalue weighted by atomic mass is 79.9. The molecule has 1 atom stereocenters. The van der Waals surface area contributed by atoms with Crippen molar-refractivity contribution in [3.63, 3.8) is 0 Å². The summed E-state index contributed by atoms with van der Waals surface area (Å²) in [5.41, 5.74) is 1.12. The first-order chi connectivity index (χ1) is 16.8. The molecule has 10 heteroatoms. The summed E-state index contributed by atoms with van der Waals surface area (Å²) in [5, 5.41) is 0. The van der Waals surface area contributed by atoms with Gasteiger partial charge in [-0.15, -0.1) is 0 Å². The minimum Gasteiger partial charge on any atom is -0.493 e. The van der Waals surface area contributed by atoms with Crippen LogP contribution in [0.1, 0.15) is 43.9 Å². The van der Waals surface area contributed by atoms with Gasteiger partial charge < -0.3 is 18.6 Å². The molecule has 35 heavy (non-hydrogen) atoms. The van der Waals surface area contributed by atoms with Crippen molar-refractivity contribution in [2.45, 2.75) is 33.7 Å². The number of halogens is 1. The lowest BCUT2D eigenvalue weighted by Crippen LogP contribution is -2.40. The van der Waals surface area contributed by atoms with Crippen molar-refractivity contribution in [2.75, 3.05) is 20.3 Å². The van der Waals surface area contributed by atoms with E-state index in [-0.39, 0.29) is 17.7 Å². The summed E-state index contributed by atoms with van der Waals surface area (Å²) in [5.74, 6) is 1.80. The Morgan fingerprint density at radius 1 is 1.23 bits per heavy atom. The number of ether oxygens (including phenoxy) is 3. The average Bonchev–Trinajstić information content (AvgIpc) is 3.36. The normalized spacial score (nSPS) is 15.6. The van der Waals surface area contributed by atoms with Gasteiger partial charge in [-0.3, -0.25) is 9.36 Å². The largest absolute Gasteiger partial charge is 0.493 e. The maximum absolute atomic E-state index is 13.7. The minimum absolute atomic E-state index is 0.193. The molecule has 184 valence electrons. The van der Waals surface area contributed by atoms with E-state index in [1.54, 1.807) is 45.2 Å². The van der Waals surface area contributed by atoms with Crippen LogP contribution in [-0.4, -0.2) is 30.9 Å². The molecule has 4 rings (SSSR count). The van der Waals surface area contributed by atoms with Crippen LogP contribution in [0.4, 0.5) is 0 Å². The molecule has 0 unspecified atom stereocenters. The molecule has 0 aliphatic carbocycles. The fourth-order valence-electron chi connectivity index (χ4n) is 3.93. The van der Waals surface area contributed by atoms with Gasteiger partial charge in [-0.2, -0.15) is 0 Å². The number of furan rings is 1. The van der Waals surface area contributed by atoms with Crippen LogP contribution >= 0.6 is 27.3 Å². The second-order valence-corrected chi connectivity index (χ2v) is 9.57. The topological polar surface area (TPSA) is 92.3 Å². The van der Waals surface area contributed by atoms with E-state index in [0.29, 0.717) is 48.9 Å². The number of nitrogens with zero attached hydrogens (tertiary/aromatic N) is 2. The van der Waals surface area contributed by atoms with Crippen LogP contribution in [0.5, 0.6) is 11.5 Å². The number of aromatic nitrogens is 1. The Morgan fingerprint density at radius 3 is 2.63 bits per heavy atom. The van der Waals surface area contributed by atoms with E-state index in [1.165, 1.54) is 15.9 Å². The van der Waals surface area contributed by atoms with E-state index >= 15 is 0 Å². The van der Waals surface area contributed by atoms with Crippen molar-refractivity contribution in [3.8, 4) is 11.5 Å². The number of hydrogen-bond donors (Lipinski definition) is 0. The number of methoxy groups -OCH3 is 1. The predicted molar refractivity (Wildman–Crippen MR) is 136 cm³/mol. The van der Waals surface area contributed by atoms with Crippen LogP contribution in [0.2, 0.25) is 0 Å². The Hall–Kier alpha value is -3.11. The molecule has 0 saturated heterocycles. The van der Waals surface area contributed by atoms with Crippen molar-refractivity contribution in [3.05, 3.63) is 76.8 Å². The predicted octanol–water partition coefficient (Wildman–Crippen LogP) is 3.87. The zero-order valence-electron chi connectivity index (χ0n) is 20.0. The van der Waals surface area contributed by atoms with Crippen molar-refractivity contribution in [2.24, 2.45) is 4.99 Å². The first-order valence-electron chi connectivity index (χ1n) is 11.0. The van der Waals surface area contributed by atoms with Crippen molar-refractivity contribution in [1.82, 2.24) is 4.57 Å². The highest BCUT2D eigenvalue weighted by molar-refractivity contribution is 9.10. The molecule has 2 aromatic heterocycles. The molecule has 0 bridgehead atoms. The second-order valence-electron chi connectivity index (χ2n) is 7.71. The van der Waals surface area contributed by atoms with Gasteiger partial charge in [0, 0.05) is 10.5 Å². The molecular weight excluding hydrogens is 536 g/mol. The second kappa shape index (κ2) is 10.2. The Balaban J connectivity index is 2.00. The molecule has 0 fully saturated rings. The first-order valence-corrected chi connectivity index (χ1v) is 12.7. The molecular formula is C25H25BrN2O6S. The number of benzene rings is 1. The Labute approximate surface area is 214 Å². The van der Waals surface area contributed by atoms with Crippen LogP contribution in [0.15, 0.2) is 54.2 Å². The lowest BCUT2D eigenvalue weighted by molar-refractivity contribution is -0.139. The number of thiazole rings is 1. The third-order valence-corrected chi connectivity index (χ3v) is 7.10. The molecule has 1 aliphatic heterocycles. The summed E-state index contributed by atoms with van der Waals surface area (Å²) in [6.45, 7) is 7.84. The van der Waals surface area contributed by atoms with Gasteiger partial charge >= 0.3 is 5.97 Å². The van der Waals surface area contributed by atoms with Gasteiger partial charge in [0.15, 0.2) is 16.3 Å². The van der Waals surface area contributed by atoms with Crippen LogP contribution in [-0.2, 0) is 9.53 Å². The first kappa shape index (κ1) is 25.0. The van der Waals surface area contributed by atoms with E-state index in [2.05, 4.69) is 20.9 Å². The van der Waals surface area contributed by atoms with Gasteiger partial charge in [-0.25, -0.2) is 9.79 Å². The molecule has 3 aromatic rings. The summed E-state index contributed by atoms with van der Waals surface area (Å²) >= 11 is 4.85. The van der Waals surface area contributed by atoms with E-state index < -0.39 is 12.0 Å². The van der Waals surface area contributed by atoms with Gasteiger partial charge in [0.1, 0.15) is 11.5 Å². The molecule has 1 aromatic carbocycles. The number of hydrogen-bond acceptors (Lipinski definition) is 8. The van der Waals surface area contributed by atoms with Gasteiger partial charge in [-0.1, -0.05) is 27.3 Å². The number of carbonyl (C=O) groups is 1. The van der Waals surface area contributed by atoms with E-state index in [9.17, 15) is 9.59 Å². The maximum Gasteiger partial charge on any atom is 0.338 e. The smallest absolute Gasteiger partial charge is 0.338 e. The Bertz CT molecular complexity index is 1500. The lowest BCUT2D eigenvalue weighted by Gasteiger charge is -2.26. The summed E-state index contributed by atoms with van der Waals surface area (Å²) in [4.78, 5) is 31.8. The molecule has 0 spiro atoms. The van der Waals surface area contributed by atoms with E-state index in [1.807, 2.05) is 19.9 Å². The Morgan fingerprint density at radius 2 is 2.00 bits per heavy atom. The average molecular weight is 561 g/mol. The van der Waals surface area contributed by atoms with Crippen LogP contribution < -0.4 is 24.4 Å².